The first kappa shape index (κ1) is 19.3. The van der Waals surface area contributed by atoms with E-state index in [1.165, 1.54) is 12.1 Å². The molecule has 2 aromatic carbocycles. The van der Waals surface area contributed by atoms with Crippen LogP contribution in [0.15, 0.2) is 54.7 Å². The molecule has 2 heterocycles. The molecule has 1 saturated heterocycles. The summed E-state index contributed by atoms with van der Waals surface area (Å²) in [4.78, 5) is 22.7. The van der Waals surface area contributed by atoms with E-state index < -0.39 is 0 Å². The van der Waals surface area contributed by atoms with E-state index in [1.807, 2.05) is 43.5 Å². The van der Waals surface area contributed by atoms with Crippen LogP contribution in [0.2, 0.25) is 0 Å². The number of aromatic amines is 1. The molecular weight excluding hydrogens is 367 g/mol. The molecule has 5 nitrogen and oxygen atoms in total. The second-order valence-electron chi connectivity index (χ2n) is 7.66. The van der Waals surface area contributed by atoms with E-state index in [1.54, 1.807) is 6.07 Å². The van der Waals surface area contributed by atoms with Crippen LogP contribution in [0.25, 0.3) is 11.1 Å². The molecule has 1 amide bonds. The fraction of sp³-hybridized carbons (Fsp3) is 0.304. The fourth-order valence-corrected chi connectivity index (χ4v) is 3.83. The maximum Gasteiger partial charge on any atom is 0.228 e. The third kappa shape index (κ3) is 4.90. The van der Waals surface area contributed by atoms with Crippen LogP contribution < -0.4 is 5.32 Å². The molecule has 1 aliphatic rings. The van der Waals surface area contributed by atoms with Gasteiger partial charge in [-0.15, -0.1) is 0 Å². The smallest absolute Gasteiger partial charge is 0.228 e. The van der Waals surface area contributed by atoms with Gasteiger partial charge in [-0.3, -0.25) is 9.69 Å². The highest BCUT2D eigenvalue weighted by Gasteiger charge is 2.26. The van der Waals surface area contributed by atoms with E-state index in [2.05, 4.69) is 20.2 Å². The summed E-state index contributed by atoms with van der Waals surface area (Å²) in [5.74, 6) is 0.689. The van der Waals surface area contributed by atoms with Crippen LogP contribution in [-0.4, -0.2) is 33.9 Å². The SMILES string of the molecule is Cc1cnc(CN2CCC[C@H](C(=O)Nc3ccc(-c4cccc(F)c4)cc3)C2)[nH]1. The van der Waals surface area contributed by atoms with Gasteiger partial charge in [-0.1, -0.05) is 24.3 Å². The number of anilines is 1. The molecule has 4 rings (SSSR count). The summed E-state index contributed by atoms with van der Waals surface area (Å²) in [6.07, 6.45) is 3.72. The Morgan fingerprint density at radius 2 is 2.07 bits per heavy atom. The monoisotopic (exact) mass is 392 g/mol. The molecular formula is C23H25FN4O. The van der Waals surface area contributed by atoms with E-state index in [0.717, 1.165) is 60.8 Å². The van der Waals surface area contributed by atoms with Crippen molar-refractivity contribution in [2.24, 2.45) is 5.92 Å². The minimum atomic E-state index is -0.258. The Bertz CT molecular complexity index is 983. The molecule has 2 N–H and O–H groups in total. The number of piperidine rings is 1. The van der Waals surface area contributed by atoms with Gasteiger partial charge >= 0.3 is 0 Å². The molecule has 0 unspecified atom stereocenters. The first-order valence-electron chi connectivity index (χ1n) is 9.96. The van der Waals surface area contributed by atoms with Gasteiger partial charge in [0.05, 0.1) is 12.5 Å². The quantitative estimate of drug-likeness (QED) is 0.678. The minimum absolute atomic E-state index is 0.0392. The highest BCUT2D eigenvalue weighted by Crippen LogP contribution is 2.24. The van der Waals surface area contributed by atoms with Crippen LogP contribution in [0.3, 0.4) is 0 Å². The van der Waals surface area contributed by atoms with Gasteiger partial charge in [0.1, 0.15) is 11.6 Å². The summed E-state index contributed by atoms with van der Waals surface area (Å²) in [6.45, 7) is 4.43. The predicted octanol–water partition coefficient (Wildman–Crippen LogP) is 4.37. The Kier molecular flexibility index (Phi) is 5.71. The largest absolute Gasteiger partial charge is 0.345 e. The zero-order chi connectivity index (χ0) is 20.2. The number of hydrogen-bond acceptors (Lipinski definition) is 3. The number of H-pyrrole nitrogens is 1. The number of amides is 1. The third-order valence-corrected chi connectivity index (χ3v) is 5.32. The first-order chi connectivity index (χ1) is 14.1. The van der Waals surface area contributed by atoms with Crippen molar-refractivity contribution in [2.75, 3.05) is 18.4 Å². The van der Waals surface area contributed by atoms with Crippen LogP contribution in [0.5, 0.6) is 0 Å². The van der Waals surface area contributed by atoms with E-state index >= 15 is 0 Å². The first-order valence-corrected chi connectivity index (χ1v) is 9.96. The summed E-state index contributed by atoms with van der Waals surface area (Å²) in [5.41, 5.74) is 3.54. The van der Waals surface area contributed by atoms with Gasteiger partial charge in [-0.25, -0.2) is 9.37 Å². The number of nitrogens with zero attached hydrogens (tertiary/aromatic N) is 2. The summed E-state index contributed by atoms with van der Waals surface area (Å²) < 4.78 is 13.4. The molecule has 3 aromatic rings. The maximum atomic E-state index is 13.4. The van der Waals surface area contributed by atoms with Crippen molar-refractivity contribution in [2.45, 2.75) is 26.3 Å². The Balaban J connectivity index is 1.36. The molecule has 1 aromatic heterocycles. The molecule has 1 atom stereocenters. The Labute approximate surface area is 170 Å². The molecule has 0 spiro atoms. The van der Waals surface area contributed by atoms with Crippen LogP contribution in [0.4, 0.5) is 10.1 Å². The second-order valence-corrected chi connectivity index (χ2v) is 7.66. The van der Waals surface area contributed by atoms with Crippen molar-refractivity contribution < 1.29 is 9.18 Å². The number of aryl methyl sites for hydroxylation is 1. The summed E-state index contributed by atoms with van der Waals surface area (Å²) in [6, 6.07) is 14.0. The summed E-state index contributed by atoms with van der Waals surface area (Å²) >= 11 is 0. The molecule has 0 saturated carbocycles. The average molecular weight is 392 g/mol. The predicted molar refractivity (Wildman–Crippen MR) is 112 cm³/mol. The minimum Gasteiger partial charge on any atom is -0.345 e. The van der Waals surface area contributed by atoms with Gasteiger partial charge < -0.3 is 10.3 Å². The molecule has 6 heteroatoms. The van der Waals surface area contributed by atoms with E-state index in [9.17, 15) is 9.18 Å². The highest BCUT2D eigenvalue weighted by molar-refractivity contribution is 5.93. The van der Waals surface area contributed by atoms with Crippen molar-refractivity contribution in [3.05, 3.63) is 72.1 Å². The number of rotatable bonds is 5. The summed E-state index contributed by atoms with van der Waals surface area (Å²) in [5, 5.41) is 3.03. The van der Waals surface area contributed by atoms with Crippen molar-refractivity contribution in [3.8, 4) is 11.1 Å². The van der Waals surface area contributed by atoms with Gasteiger partial charge in [0.25, 0.3) is 0 Å². The molecule has 150 valence electrons. The number of carbonyl (C=O) groups excluding carboxylic acids is 1. The zero-order valence-electron chi connectivity index (χ0n) is 16.5. The number of benzene rings is 2. The lowest BCUT2D eigenvalue weighted by atomic mass is 9.97. The molecule has 0 bridgehead atoms. The summed E-state index contributed by atoms with van der Waals surface area (Å²) in [7, 11) is 0. The Morgan fingerprint density at radius 3 is 2.79 bits per heavy atom. The number of likely N-dealkylation sites (tertiary alicyclic amines) is 1. The Hall–Kier alpha value is -2.99. The molecule has 1 aliphatic heterocycles. The lowest BCUT2D eigenvalue weighted by Crippen LogP contribution is -2.40. The molecule has 1 fully saturated rings. The van der Waals surface area contributed by atoms with Gasteiger partial charge in [0.2, 0.25) is 5.91 Å². The zero-order valence-corrected chi connectivity index (χ0v) is 16.5. The van der Waals surface area contributed by atoms with Crippen molar-refractivity contribution in [3.63, 3.8) is 0 Å². The van der Waals surface area contributed by atoms with Gasteiger partial charge in [-0.05, 0) is 61.7 Å². The van der Waals surface area contributed by atoms with E-state index in [4.69, 9.17) is 0 Å². The van der Waals surface area contributed by atoms with Gasteiger partial charge in [-0.2, -0.15) is 0 Å². The lowest BCUT2D eigenvalue weighted by Gasteiger charge is -2.31. The second kappa shape index (κ2) is 8.57. The average Bonchev–Trinajstić information content (AvgIpc) is 3.13. The van der Waals surface area contributed by atoms with E-state index in [-0.39, 0.29) is 17.6 Å². The number of aromatic nitrogens is 2. The molecule has 0 radical (unpaired) electrons. The standard InChI is InChI=1S/C23H25FN4O/c1-16-13-25-22(26-16)15-28-11-3-5-19(14-28)23(29)27-21-9-7-17(8-10-21)18-4-2-6-20(24)12-18/h2,4,6-10,12-13,19H,3,5,11,14-15H2,1H3,(H,25,26)(H,27,29)/t19-/m0/s1. The van der Waals surface area contributed by atoms with Crippen molar-refractivity contribution >= 4 is 11.6 Å². The highest BCUT2D eigenvalue weighted by atomic mass is 19.1. The van der Waals surface area contributed by atoms with Crippen LogP contribution in [-0.2, 0) is 11.3 Å². The number of carbonyl (C=O) groups is 1. The topological polar surface area (TPSA) is 61.0 Å². The van der Waals surface area contributed by atoms with E-state index in [0.29, 0.717) is 0 Å². The lowest BCUT2D eigenvalue weighted by molar-refractivity contribution is -0.121. The maximum absolute atomic E-state index is 13.4. The molecule has 29 heavy (non-hydrogen) atoms. The fourth-order valence-electron chi connectivity index (χ4n) is 3.83. The normalized spacial score (nSPS) is 17.2. The van der Waals surface area contributed by atoms with Crippen LogP contribution in [0, 0.1) is 18.7 Å². The number of imidazole rings is 1. The third-order valence-electron chi connectivity index (χ3n) is 5.32. The van der Waals surface area contributed by atoms with Crippen LogP contribution in [0.1, 0.15) is 24.4 Å². The van der Waals surface area contributed by atoms with Crippen LogP contribution >= 0.6 is 0 Å². The van der Waals surface area contributed by atoms with Crippen molar-refractivity contribution in [1.29, 1.82) is 0 Å². The number of nitrogens with one attached hydrogen (secondary N) is 2. The molecule has 0 aliphatic carbocycles. The van der Waals surface area contributed by atoms with Gasteiger partial charge in [0, 0.05) is 24.1 Å². The Morgan fingerprint density at radius 1 is 1.24 bits per heavy atom. The van der Waals surface area contributed by atoms with Gasteiger partial charge in [0.15, 0.2) is 0 Å². The number of halogens is 1. The number of hydrogen-bond donors (Lipinski definition) is 2. The van der Waals surface area contributed by atoms with Crippen molar-refractivity contribution in [1.82, 2.24) is 14.9 Å².